The lowest BCUT2D eigenvalue weighted by Crippen LogP contribution is -2.37. The van der Waals surface area contributed by atoms with Crippen molar-refractivity contribution in [3.8, 4) is 5.69 Å². The number of aromatic nitrogens is 2. The number of hydrogen-bond acceptors (Lipinski definition) is 3. The first kappa shape index (κ1) is 35.3. The van der Waals surface area contributed by atoms with Crippen molar-refractivity contribution in [3.63, 3.8) is 0 Å². The van der Waals surface area contributed by atoms with E-state index < -0.39 is 0 Å². The van der Waals surface area contributed by atoms with Gasteiger partial charge in [0.2, 0.25) is 0 Å². The van der Waals surface area contributed by atoms with Gasteiger partial charge in [-0.05, 0) is 94.1 Å². The van der Waals surface area contributed by atoms with Gasteiger partial charge in [0.15, 0.2) is 0 Å². The molecule has 2 aliphatic rings. The molecule has 3 aromatic heterocycles. The van der Waals surface area contributed by atoms with Crippen molar-refractivity contribution < 1.29 is 0 Å². The minimum absolute atomic E-state index is 0.196. The number of thiophene rings is 1. The quantitative estimate of drug-likeness (QED) is 0.174. The van der Waals surface area contributed by atoms with Crippen LogP contribution in [0.25, 0.3) is 86.5 Å². The topological polar surface area (TPSA) is 25.5 Å². The number of amidine groups is 1. The average Bonchev–Trinajstić information content (AvgIpc) is 3.95. The summed E-state index contributed by atoms with van der Waals surface area (Å²) in [5.41, 5.74) is 10.7. The zero-order chi connectivity index (χ0) is 40.9. The summed E-state index contributed by atoms with van der Waals surface area (Å²) in [6.07, 6.45) is 13.2. The van der Waals surface area contributed by atoms with Gasteiger partial charge in [-0.25, -0.2) is 4.99 Å². The molecule has 13 rings (SSSR count). The second-order valence-corrected chi connectivity index (χ2v) is 17.7. The van der Waals surface area contributed by atoms with Crippen LogP contribution in [0.2, 0.25) is 0 Å². The molecule has 62 heavy (non-hydrogen) atoms. The maximum absolute atomic E-state index is 5.69. The second kappa shape index (κ2) is 13.8. The highest BCUT2D eigenvalue weighted by atomic mass is 32.1. The molecule has 0 spiro atoms. The van der Waals surface area contributed by atoms with Crippen molar-refractivity contribution in [1.82, 2.24) is 14.0 Å². The zero-order valence-electron chi connectivity index (χ0n) is 34.2. The monoisotopic (exact) mass is 812 g/mol. The van der Waals surface area contributed by atoms with Crippen molar-refractivity contribution in [2.75, 3.05) is 7.05 Å². The van der Waals surface area contributed by atoms with Crippen molar-refractivity contribution >= 4 is 103 Å². The molecule has 0 fully saturated rings. The Hall–Kier alpha value is -7.47. The summed E-state index contributed by atoms with van der Waals surface area (Å²) < 4.78 is 6.26. The third kappa shape index (κ3) is 5.28. The lowest BCUT2D eigenvalue weighted by atomic mass is 9.99. The van der Waals surface area contributed by atoms with E-state index in [-0.39, 0.29) is 6.17 Å². The number of allylic oxidation sites excluding steroid dienone is 6. The highest BCUT2D eigenvalue weighted by Crippen LogP contribution is 2.51. The smallest absolute Gasteiger partial charge is 0.139 e. The Balaban J connectivity index is 1.10. The van der Waals surface area contributed by atoms with E-state index in [4.69, 9.17) is 4.99 Å². The Labute approximate surface area is 362 Å². The third-order valence-corrected chi connectivity index (χ3v) is 14.2. The molecule has 1 aliphatic carbocycles. The minimum Gasteiger partial charge on any atom is -0.334 e. The van der Waals surface area contributed by atoms with Crippen LogP contribution in [-0.4, -0.2) is 26.9 Å². The van der Waals surface area contributed by atoms with E-state index in [1.807, 2.05) is 11.3 Å². The summed E-state index contributed by atoms with van der Waals surface area (Å²) in [5, 5.41) is 12.3. The van der Waals surface area contributed by atoms with E-state index >= 15 is 0 Å². The number of aliphatic imine (C=N–C) groups is 1. The Morgan fingerprint density at radius 1 is 0.548 bits per heavy atom. The van der Waals surface area contributed by atoms with Gasteiger partial charge in [0.1, 0.15) is 17.0 Å². The summed E-state index contributed by atoms with van der Waals surface area (Å²) in [6, 6.07) is 60.5. The Kier molecular flexibility index (Phi) is 7.85. The molecule has 0 saturated heterocycles. The van der Waals surface area contributed by atoms with Gasteiger partial charge in [0.05, 0.1) is 22.1 Å². The molecule has 0 bridgehead atoms. The van der Waals surface area contributed by atoms with Crippen LogP contribution in [-0.2, 0) is 0 Å². The largest absolute Gasteiger partial charge is 0.334 e. The molecule has 11 aromatic rings. The van der Waals surface area contributed by atoms with Crippen molar-refractivity contribution in [1.29, 1.82) is 0 Å². The zero-order valence-corrected chi connectivity index (χ0v) is 35.0. The normalized spacial score (nSPS) is 17.4. The molecule has 0 N–H and O–H groups in total. The van der Waals surface area contributed by atoms with Crippen LogP contribution in [0.3, 0.4) is 0 Å². The fourth-order valence-corrected chi connectivity index (χ4v) is 11.5. The summed E-state index contributed by atoms with van der Waals surface area (Å²) in [6.45, 7) is 0. The summed E-state index contributed by atoms with van der Waals surface area (Å²) in [7, 11) is 2.25. The number of benzene rings is 8. The summed E-state index contributed by atoms with van der Waals surface area (Å²) >= 11 is 1.81. The first-order chi connectivity index (χ1) is 30.7. The summed E-state index contributed by atoms with van der Waals surface area (Å²) in [5.74, 6) is 0.952. The third-order valence-electron chi connectivity index (χ3n) is 13.2. The highest BCUT2D eigenvalue weighted by molar-refractivity contribution is 7.23. The molecule has 4 heterocycles. The van der Waals surface area contributed by atoms with Crippen molar-refractivity contribution in [2.45, 2.75) is 19.0 Å². The van der Waals surface area contributed by atoms with Crippen molar-refractivity contribution in [2.24, 2.45) is 4.99 Å². The van der Waals surface area contributed by atoms with E-state index in [1.165, 1.54) is 91.9 Å². The predicted octanol–water partition coefficient (Wildman–Crippen LogP) is 15.3. The van der Waals surface area contributed by atoms with Crippen LogP contribution < -0.4 is 0 Å². The van der Waals surface area contributed by atoms with Crippen LogP contribution in [0, 0.1) is 0 Å². The van der Waals surface area contributed by atoms with E-state index in [0.717, 1.165) is 34.9 Å². The van der Waals surface area contributed by atoms with Crippen LogP contribution in [0.15, 0.2) is 199 Å². The van der Waals surface area contributed by atoms with Crippen LogP contribution >= 0.6 is 11.3 Å². The Morgan fingerprint density at radius 2 is 1.27 bits per heavy atom. The predicted molar refractivity (Wildman–Crippen MR) is 265 cm³/mol. The molecule has 294 valence electrons. The molecule has 1 unspecified atom stereocenters. The SMILES string of the molecule is CN1C(c2ccc3c4ccccc4n(-c4ccccc4)c3c2)=Nc2sc3cc(C4=C/C=C\CC/C=C\4)ccc3c2C1n1c2cc3ccccc3cc2c2c3ccccc3ccc21. The number of para-hydroxylation sites is 2. The van der Waals surface area contributed by atoms with Crippen LogP contribution in [0.1, 0.15) is 35.7 Å². The Morgan fingerprint density at radius 3 is 2.16 bits per heavy atom. The van der Waals surface area contributed by atoms with Gasteiger partial charge in [-0.3, -0.25) is 0 Å². The minimum atomic E-state index is -0.196. The summed E-state index contributed by atoms with van der Waals surface area (Å²) in [4.78, 5) is 8.12. The molecular weight excluding hydrogens is 773 g/mol. The van der Waals surface area contributed by atoms with Crippen LogP contribution in [0.5, 0.6) is 0 Å². The average molecular weight is 813 g/mol. The maximum atomic E-state index is 5.69. The second-order valence-electron chi connectivity index (χ2n) is 16.7. The number of hydrogen-bond donors (Lipinski definition) is 0. The molecule has 1 aliphatic heterocycles. The first-order valence-corrected chi connectivity index (χ1v) is 22.3. The molecular formula is C57H40N4S. The van der Waals surface area contributed by atoms with E-state index in [0.29, 0.717) is 0 Å². The molecule has 0 radical (unpaired) electrons. The first-order valence-electron chi connectivity index (χ1n) is 21.5. The number of fused-ring (bicyclic) bond motifs is 12. The lowest BCUT2D eigenvalue weighted by molar-refractivity contribution is 0.340. The lowest BCUT2D eigenvalue weighted by Gasteiger charge is -2.36. The molecule has 0 amide bonds. The maximum Gasteiger partial charge on any atom is 0.139 e. The molecule has 8 aromatic carbocycles. The van der Waals surface area contributed by atoms with Gasteiger partial charge < -0.3 is 14.0 Å². The fourth-order valence-electron chi connectivity index (χ4n) is 10.3. The van der Waals surface area contributed by atoms with Crippen molar-refractivity contribution in [3.05, 3.63) is 211 Å². The Bertz CT molecular complexity index is 3780. The van der Waals surface area contributed by atoms with Gasteiger partial charge in [0.25, 0.3) is 0 Å². The fraction of sp³-hybridized carbons (Fsp3) is 0.0702. The molecule has 1 atom stereocenters. The van der Waals surface area contributed by atoms with E-state index in [1.54, 1.807) is 0 Å². The standard InChI is InChI=1S/C57H40N4S/c1-59-55(41-27-29-45-44-24-14-15-25-48(44)60(50(45)34-41)42-21-8-5-9-22-42)58-56-54(46-30-26-40(35-52(46)62-56)36-16-6-3-2-4-7-17-36)57(59)61-49-31-28-37-18-12-13-23-43(37)53(49)47-32-38-19-10-11-20-39(38)33-51(47)61/h3,5-35,57H,2,4H2,1H3/b6-3-,17-7-,36-16+. The molecule has 0 saturated carbocycles. The van der Waals surface area contributed by atoms with Gasteiger partial charge in [0, 0.05) is 55.5 Å². The van der Waals surface area contributed by atoms with E-state index in [2.05, 4.69) is 215 Å². The molecule has 5 heteroatoms. The number of nitrogens with zero attached hydrogens (tertiary/aromatic N) is 4. The van der Waals surface area contributed by atoms with E-state index in [9.17, 15) is 0 Å². The van der Waals surface area contributed by atoms with Gasteiger partial charge in [-0.15, -0.1) is 11.3 Å². The number of rotatable bonds is 4. The van der Waals surface area contributed by atoms with Gasteiger partial charge >= 0.3 is 0 Å². The highest BCUT2D eigenvalue weighted by Gasteiger charge is 2.35. The van der Waals surface area contributed by atoms with Crippen LogP contribution in [0.4, 0.5) is 5.00 Å². The van der Waals surface area contributed by atoms with Gasteiger partial charge in [-0.1, -0.05) is 146 Å². The molecule has 4 nitrogen and oxygen atoms in total. The van der Waals surface area contributed by atoms with Gasteiger partial charge in [-0.2, -0.15) is 0 Å².